The first-order chi connectivity index (χ1) is 14.7. The van der Waals surface area contributed by atoms with Gasteiger partial charge in [0.25, 0.3) is 0 Å². The Kier molecular flexibility index (Phi) is 6.29. The summed E-state index contributed by atoms with van der Waals surface area (Å²) < 4.78 is 0. The van der Waals surface area contributed by atoms with Crippen molar-refractivity contribution < 1.29 is 4.79 Å². The molecule has 5 heteroatoms. The van der Waals surface area contributed by atoms with Gasteiger partial charge in [0.2, 0.25) is 5.91 Å². The molecule has 0 bridgehead atoms. The van der Waals surface area contributed by atoms with Crippen molar-refractivity contribution >= 4 is 39.8 Å². The molecule has 0 radical (unpaired) electrons. The van der Waals surface area contributed by atoms with E-state index >= 15 is 0 Å². The molecule has 4 rings (SSSR count). The summed E-state index contributed by atoms with van der Waals surface area (Å²) in [5.41, 5.74) is 3.32. The van der Waals surface area contributed by atoms with Crippen molar-refractivity contribution in [2.45, 2.75) is 38.5 Å². The highest BCUT2D eigenvalue weighted by molar-refractivity contribution is 8.15. The Morgan fingerprint density at radius 3 is 2.63 bits per heavy atom. The lowest BCUT2D eigenvalue weighted by molar-refractivity contribution is -0.126. The number of aryl methyl sites for hydroxylation is 1. The Morgan fingerprint density at radius 1 is 1.03 bits per heavy atom. The van der Waals surface area contributed by atoms with Crippen LogP contribution in [-0.2, 0) is 11.3 Å². The topological polar surface area (TPSA) is 45.0 Å². The smallest absolute Gasteiger partial charge is 0.242 e. The fraction of sp³-hybridized carbons (Fsp3) is 0.240. The molecule has 1 aliphatic rings. The Hall–Kier alpha value is -2.92. The van der Waals surface area contributed by atoms with E-state index in [4.69, 9.17) is 0 Å². The average Bonchev–Trinajstić information content (AvgIpc) is 3.05. The number of rotatable bonds is 6. The number of amidine groups is 1. The van der Waals surface area contributed by atoms with Crippen molar-refractivity contribution in [2.24, 2.45) is 10.2 Å². The number of nitrogens with zero attached hydrogens (tertiary/aromatic N) is 3. The molecule has 0 N–H and O–H groups in total. The maximum absolute atomic E-state index is 13.0. The Morgan fingerprint density at radius 2 is 1.80 bits per heavy atom. The Balaban J connectivity index is 1.62. The van der Waals surface area contributed by atoms with Gasteiger partial charge in [-0.05, 0) is 35.2 Å². The third kappa shape index (κ3) is 4.31. The van der Waals surface area contributed by atoms with Crippen molar-refractivity contribution in [2.75, 3.05) is 0 Å². The van der Waals surface area contributed by atoms with E-state index in [9.17, 15) is 4.79 Å². The van der Waals surface area contributed by atoms with Gasteiger partial charge in [0.1, 0.15) is 0 Å². The van der Waals surface area contributed by atoms with Crippen molar-refractivity contribution in [3.05, 3.63) is 83.4 Å². The van der Waals surface area contributed by atoms with E-state index in [0.717, 1.165) is 29.4 Å². The van der Waals surface area contributed by atoms with Crippen LogP contribution in [0.1, 0.15) is 36.5 Å². The number of carbonyl (C=O) groups is 1. The predicted molar refractivity (Wildman–Crippen MR) is 127 cm³/mol. The maximum atomic E-state index is 13.0. The lowest BCUT2D eigenvalue weighted by atomic mass is 10.1. The molecule has 0 aromatic heterocycles. The molecular formula is C25H25N3OS. The molecular weight excluding hydrogens is 390 g/mol. The van der Waals surface area contributed by atoms with E-state index in [2.05, 4.69) is 54.4 Å². The van der Waals surface area contributed by atoms with Gasteiger partial charge in [0.15, 0.2) is 5.17 Å². The van der Waals surface area contributed by atoms with Gasteiger partial charge in [-0.2, -0.15) is 5.10 Å². The minimum Gasteiger partial charge on any atom is -0.284 e. The first kappa shape index (κ1) is 20.4. The second-order valence-electron chi connectivity index (χ2n) is 7.44. The molecule has 152 valence electrons. The van der Waals surface area contributed by atoms with E-state index < -0.39 is 0 Å². The number of amides is 1. The monoisotopic (exact) mass is 415 g/mol. The van der Waals surface area contributed by atoms with E-state index in [-0.39, 0.29) is 11.2 Å². The van der Waals surface area contributed by atoms with Crippen LogP contribution in [0.15, 0.2) is 76.9 Å². The number of hydrogen-bond donors (Lipinski definition) is 0. The minimum atomic E-state index is -0.0782. The van der Waals surface area contributed by atoms with Gasteiger partial charge in [-0.1, -0.05) is 91.8 Å². The fourth-order valence-corrected chi connectivity index (χ4v) is 4.85. The van der Waals surface area contributed by atoms with Gasteiger partial charge in [-0.25, -0.2) is 0 Å². The number of hydrogen-bond acceptors (Lipinski definition) is 4. The van der Waals surface area contributed by atoms with E-state index in [1.165, 1.54) is 22.7 Å². The molecule has 3 aromatic carbocycles. The molecule has 1 amide bonds. The summed E-state index contributed by atoms with van der Waals surface area (Å²) in [7, 11) is 0. The highest BCUT2D eigenvalue weighted by Crippen LogP contribution is 2.32. The molecule has 1 atom stereocenters. The minimum absolute atomic E-state index is 0.0782. The molecule has 4 nitrogen and oxygen atoms in total. The zero-order chi connectivity index (χ0) is 20.9. The molecule has 1 aliphatic heterocycles. The third-order valence-corrected chi connectivity index (χ3v) is 6.56. The van der Waals surface area contributed by atoms with Gasteiger partial charge in [-0.15, -0.1) is 5.10 Å². The summed E-state index contributed by atoms with van der Waals surface area (Å²) >= 11 is 1.53. The van der Waals surface area contributed by atoms with Crippen molar-refractivity contribution in [1.82, 2.24) is 4.90 Å². The van der Waals surface area contributed by atoms with Crippen LogP contribution in [0.25, 0.3) is 10.8 Å². The number of thioether (sulfide) groups is 1. The highest BCUT2D eigenvalue weighted by Gasteiger charge is 2.37. The average molecular weight is 416 g/mol. The lowest BCUT2D eigenvalue weighted by Crippen LogP contribution is -2.31. The van der Waals surface area contributed by atoms with Crippen LogP contribution in [0.4, 0.5) is 0 Å². The molecule has 0 unspecified atom stereocenters. The second kappa shape index (κ2) is 9.26. The first-order valence-electron chi connectivity index (χ1n) is 10.3. The van der Waals surface area contributed by atoms with Gasteiger partial charge in [-0.3, -0.25) is 9.69 Å². The van der Waals surface area contributed by atoms with E-state index in [1.807, 2.05) is 36.4 Å². The molecule has 0 spiro atoms. The van der Waals surface area contributed by atoms with Gasteiger partial charge in [0.05, 0.1) is 18.0 Å². The molecule has 30 heavy (non-hydrogen) atoms. The van der Waals surface area contributed by atoms with Crippen LogP contribution >= 0.6 is 11.8 Å². The summed E-state index contributed by atoms with van der Waals surface area (Å²) in [4.78, 5) is 14.8. The highest BCUT2D eigenvalue weighted by atomic mass is 32.2. The summed E-state index contributed by atoms with van der Waals surface area (Å²) in [5, 5.41) is 11.7. The number of fused-ring (bicyclic) bond motifs is 1. The summed E-state index contributed by atoms with van der Waals surface area (Å²) in [5.74, 6) is 0.129. The standard InChI is InChI=1S/C25H25N3OS/c1-3-9-23-24(29)28(17-21-12-5-4-10-18(21)2)25(30-23)27-26-16-20-14-8-13-19-11-6-7-15-22(19)20/h4-8,10-16,23H,3,9,17H2,1-2H3/b26-16-,27-25+/t23-/m0/s1. The molecule has 1 fully saturated rings. The first-order valence-corrected chi connectivity index (χ1v) is 11.2. The van der Waals surface area contributed by atoms with Crippen LogP contribution in [0.3, 0.4) is 0 Å². The van der Waals surface area contributed by atoms with Crippen molar-refractivity contribution in [3.63, 3.8) is 0 Å². The van der Waals surface area contributed by atoms with Crippen molar-refractivity contribution in [1.29, 1.82) is 0 Å². The zero-order valence-electron chi connectivity index (χ0n) is 17.3. The molecule has 3 aromatic rings. The second-order valence-corrected chi connectivity index (χ2v) is 8.61. The van der Waals surface area contributed by atoms with Crippen LogP contribution in [0.2, 0.25) is 0 Å². The SMILES string of the molecule is CCC[C@@H]1S/C(=N/N=C\c2cccc3ccccc23)N(Cc2ccccc2C)C1=O. The van der Waals surface area contributed by atoms with E-state index in [1.54, 1.807) is 11.1 Å². The number of benzene rings is 3. The number of carbonyl (C=O) groups excluding carboxylic acids is 1. The quantitative estimate of drug-likeness (QED) is 0.378. The van der Waals surface area contributed by atoms with Crippen molar-refractivity contribution in [3.8, 4) is 0 Å². The fourth-order valence-electron chi connectivity index (χ4n) is 3.64. The van der Waals surface area contributed by atoms with Crippen LogP contribution < -0.4 is 0 Å². The summed E-state index contributed by atoms with van der Waals surface area (Å²) in [6.07, 6.45) is 3.59. The Bertz CT molecular complexity index is 1120. The molecule has 0 saturated carbocycles. The predicted octanol–water partition coefficient (Wildman–Crippen LogP) is 5.78. The molecule has 1 saturated heterocycles. The maximum Gasteiger partial charge on any atom is 0.242 e. The summed E-state index contributed by atoms with van der Waals surface area (Å²) in [6.45, 7) is 4.71. The lowest BCUT2D eigenvalue weighted by Gasteiger charge is -2.17. The van der Waals surface area contributed by atoms with Crippen LogP contribution in [0, 0.1) is 6.92 Å². The van der Waals surface area contributed by atoms with E-state index in [0.29, 0.717) is 11.7 Å². The zero-order valence-corrected chi connectivity index (χ0v) is 18.1. The molecule has 0 aliphatic carbocycles. The third-order valence-electron chi connectivity index (χ3n) is 5.32. The van der Waals surface area contributed by atoms with Gasteiger partial charge in [0, 0.05) is 5.56 Å². The van der Waals surface area contributed by atoms with Crippen LogP contribution in [-0.4, -0.2) is 27.4 Å². The molecule has 1 heterocycles. The summed E-state index contributed by atoms with van der Waals surface area (Å²) in [6, 6.07) is 22.5. The van der Waals surface area contributed by atoms with Crippen LogP contribution in [0.5, 0.6) is 0 Å². The normalized spacial score (nSPS) is 18.2. The Labute approximate surface area is 181 Å². The largest absolute Gasteiger partial charge is 0.284 e. The van der Waals surface area contributed by atoms with Gasteiger partial charge < -0.3 is 0 Å². The van der Waals surface area contributed by atoms with Gasteiger partial charge >= 0.3 is 0 Å².